The van der Waals surface area contributed by atoms with Crippen molar-refractivity contribution in [1.82, 2.24) is 0 Å². The van der Waals surface area contributed by atoms with Crippen molar-refractivity contribution in [2.24, 2.45) is 5.92 Å². The number of phenols is 1. The summed E-state index contributed by atoms with van der Waals surface area (Å²) < 4.78 is 6.40. The van der Waals surface area contributed by atoms with Crippen LogP contribution in [0.5, 0.6) is 11.5 Å². The van der Waals surface area contributed by atoms with Gasteiger partial charge in [-0.1, -0.05) is 51.5 Å². The highest BCUT2D eigenvalue weighted by molar-refractivity contribution is 5.54. The van der Waals surface area contributed by atoms with E-state index in [1.54, 1.807) is 0 Å². The molecule has 0 spiro atoms. The fraction of sp³-hybridized carbons (Fsp3) is 0.680. The Balaban J connectivity index is 1.71. The molecular weight excluding hydrogens is 348 g/mol. The second-order valence-corrected chi connectivity index (χ2v) is 9.26. The van der Waals surface area contributed by atoms with Crippen LogP contribution >= 0.6 is 0 Å². The molecule has 0 fully saturated rings. The van der Waals surface area contributed by atoms with Gasteiger partial charge in [-0.25, -0.2) is 0 Å². The zero-order chi connectivity index (χ0) is 20.1. The standard InChI is InChI=1S/C25H38O3/c1-4-5-6-7-8-9-10-11-18-15-22(27)24-20-14-19(17-26)12-13-21(20)25(2,3)28-23(24)16-18/h14-16,20-21,26-27H,4-13,17H2,1-3H3/t20-,21-/m1/s1. The highest BCUT2D eigenvalue weighted by atomic mass is 16.5. The number of rotatable bonds is 9. The van der Waals surface area contributed by atoms with Crippen molar-refractivity contribution in [3.63, 3.8) is 0 Å². The first-order valence-corrected chi connectivity index (χ1v) is 11.3. The normalized spacial score (nSPS) is 22.8. The van der Waals surface area contributed by atoms with Gasteiger partial charge in [0.2, 0.25) is 0 Å². The maximum atomic E-state index is 10.8. The Kier molecular flexibility index (Phi) is 7.09. The number of hydrogen-bond acceptors (Lipinski definition) is 3. The van der Waals surface area contributed by atoms with Crippen LogP contribution in [0.1, 0.15) is 95.6 Å². The Hall–Kier alpha value is -1.48. The van der Waals surface area contributed by atoms with Gasteiger partial charge < -0.3 is 14.9 Å². The summed E-state index contributed by atoms with van der Waals surface area (Å²) in [5.41, 5.74) is 2.90. The molecule has 1 heterocycles. The Labute approximate surface area is 170 Å². The SMILES string of the molecule is CCCCCCCCCc1cc(O)c2c(c1)OC(C)(C)[C@@H]1CCC(CO)=C[C@@H]21. The summed E-state index contributed by atoms with van der Waals surface area (Å²) in [7, 11) is 0. The predicted octanol–water partition coefficient (Wildman–Crippen LogP) is 6.27. The second-order valence-electron chi connectivity index (χ2n) is 9.26. The predicted molar refractivity (Wildman–Crippen MR) is 115 cm³/mol. The maximum absolute atomic E-state index is 10.8. The summed E-state index contributed by atoms with van der Waals surface area (Å²) in [6.07, 6.45) is 14.1. The van der Waals surface area contributed by atoms with Crippen molar-refractivity contribution in [3.05, 3.63) is 34.9 Å². The number of aromatic hydroxyl groups is 1. The molecule has 1 aliphatic heterocycles. The quantitative estimate of drug-likeness (QED) is 0.388. The van der Waals surface area contributed by atoms with Gasteiger partial charge in [0, 0.05) is 17.4 Å². The van der Waals surface area contributed by atoms with Gasteiger partial charge in [0.05, 0.1) is 6.61 Å². The molecule has 2 atom stereocenters. The molecule has 0 saturated carbocycles. The van der Waals surface area contributed by atoms with Gasteiger partial charge in [-0.2, -0.15) is 0 Å². The Bertz CT molecular complexity index is 689. The van der Waals surface area contributed by atoms with Crippen LogP contribution in [0, 0.1) is 5.92 Å². The zero-order valence-corrected chi connectivity index (χ0v) is 18.0. The third-order valence-electron chi connectivity index (χ3n) is 6.68. The van der Waals surface area contributed by atoms with Crippen LogP contribution in [0.3, 0.4) is 0 Å². The van der Waals surface area contributed by atoms with Crippen LogP contribution in [0.2, 0.25) is 0 Å². The number of aryl methyl sites for hydroxylation is 1. The number of fused-ring (bicyclic) bond motifs is 3. The molecule has 156 valence electrons. The average Bonchev–Trinajstić information content (AvgIpc) is 2.66. The van der Waals surface area contributed by atoms with Crippen molar-refractivity contribution >= 4 is 0 Å². The molecule has 0 radical (unpaired) electrons. The van der Waals surface area contributed by atoms with Gasteiger partial charge in [-0.05, 0) is 62.8 Å². The Morgan fingerprint density at radius 3 is 2.50 bits per heavy atom. The van der Waals surface area contributed by atoms with Gasteiger partial charge in [-0.3, -0.25) is 0 Å². The summed E-state index contributed by atoms with van der Waals surface area (Å²) in [5.74, 6) is 1.65. The molecule has 3 nitrogen and oxygen atoms in total. The van der Waals surface area contributed by atoms with E-state index in [-0.39, 0.29) is 18.1 Å². The average molecular weight is 387 g/mol. The smallest absolute Gasteiger partial charge is 0.127 e. The number of hydrogen-bond donors (Lipinski definition) is 2. The lowest BCUT2D eigenvalue weighted by Crippen LogP contribution is -2.45. The van der Waals surface area contributed by atoms with E-state index in [1.165, 1.54) is 44.1 Å². The molecule has 3 heteroatoms. The van der Waals surface area contributed by atoms with Gasteiger partial charge >= 0.3 is 0 Å². The first-order valence-electron chi connectivity index (χ1n) is 11.3. The lowest BCUT2D eigenvalue weighted by molar-refractivity contribution is 0.0100. The number of ether oxygens (including phenoxy) is 1. The van der Waals surface area contributed by atoms with E-state index in [2.05, 4.69) is 32.9 Å². The van der Waals surface area contributed by atoms with Gasteiger partial charge in [0.15, 0.2) is 0 Å². The van der Waals surface area contributed by atoms with E-state index in [1.807, 2.05) is 6.07 Å². The minimum absolute atomic E-state index is 0.108. The Morgan fingerprint density at radius 1 is 1.07 bits per heavy atom. The second kappa shape index (κ2) is 9.35. The monoisotopic (exact) mass is 386 g/mol. The molecule has 0 unspecified atom stereocenters. The fourth-order valence-electron chi connectivity index (χ4n) is 5.05. The third-order valence-corrected chi connectivity index (χ3v) is 6.68. The minimum atomic E-state index is -0.264. The van der Waals surface area contributed by atoms with Crippen molar-refractivity contribution in [3.8, 4) is 11.5 Å². The van der Waals surface area contributed by atoms with Crippen molar-refractivity contribution in [1.29, 1.82) is 0 Å². The third kappa shape index (κ3) is 4.74. The molecular formula is C25H38O3. The lowest BCUT2D eigenvalue weighted by Gasteiger charge is -2.46. The number of aliphatic hydroxyl groups is 1. The van der Waals surface area contributed by atoms with E-state index in [0.717, 1.165) is 42.6 Å². The molecule has 0 amide bonds. The molecule has 1 aliphatic carbocycles. The summed E-state index contributed by atoms with van der Waals surface area (Å²) in [5, 5.41) is 20.4. The number of benzene rings is 1. The van der Waals surface area contributed by atoms with E-state index >= 15 is 0 Å². The van der Waals surface area contributed by atoms with E-state index in [0.29, 0.717) is 11.7 Å². The van der Waals surface area contributed by atoms with Crippen LogP contribution < -0.4 is 4.74 Å². The van der Waals surface area contributed by atoms with Crippen molar-refractivity contribution in [2.75, 3.05) is 6.61 Å². The van der Waals surface area contributed by atoms with Gasteiger partial charge in [0.25, 0.3) is 0 Å². The fourth-order valence-corrected chi connectivity index (χ4v) is 5.05. The summed E-state index contributed by atoms with van der Waals surface area (Å²) in [6, 6.07) is 4.08. The van der Waals surface area contributed by atoms with Crippen LogP contribution in [-0.2, 0) is 6.42 Å². The summed E-state index contributed by atoms with van der Waals surface area (Å²) in [6.45, 7) is 6.68. The number of allylic oxidation sites excluding steroid dienone is 1. The molecule has 0 aromatic heterocycles. The largest absolute Gasteiger partial charge is 0.507 e. The molecule has 0 saturated heterocycles. The van der Waals surface area contributed by atoms with Crippen LogP contribution in [-0.4, -0.2) is 22.4 Å². The van der Waals surface area contributed by atoms with E-state index < -0.39 is 0 Å². The molecule has 1 aromatic rings. The Morgan fingerprint density at radius 2 is 1.79 bits per heavy atom. The van der Waals surface area contributed by atoms with Gasteiger partial charge in [0.1, 0.15) is 17.1 Å². The van der Waals surface area contributed by atoms with Crippen LogP contribution in [0.15, 0.2) is 23.8 Å². The summed E-state index contributed by atoms with van der Waals surface area (Å²) in [4.78, 5) is 0. The maximum Gasteiger partial charge on any atom is 0.127 e. The highest BCUT2D eigenvalue weighted by Gasteiger charge is 2.45. The number of phenolic OH excluding ortho intramolecular Hbond substituents is 1. The van der Waals surface area contributed by atoms with Crippen LogP contribution in [0.4, 0.5) is 0 Å². The summed E-state index contributed by atoms with van der Waals surface area (Å²) >= 11 is 0. The van der Waals surface area contributed by atoms with Crippen molar-refractivity contribution in [2.45, 2.75) is 96.5 Å². The van der Waals surface area contributed by atoms with E-state index in [9.17, 15) is 10.2 Å². The first-order chi connectivity index (χ1) is 13.5. The lowest BCUT2D eigenvalue weighted by atomic mass is 9.68. The molecule has 2 N–H and O–H groups in total. The highest BCUT2D eigenvalue weighted by Crippen LogP contribution is 2.53. The van der Waals surface area contributed by atoms with E-state index in [4.69, 9.17) is 4.74 Å². The van der Waals surface area contributed by atoms with Gasteiger partial charge in [-0.15, -0.1) is 0 Å². The molecule has 1 aromatic carbocycles. The molecule has 2 aliphatic rings. The zero-order valence-electron chi connectivity index (χ0n) is 18.0. The number of unbranched alkanes of at least 4 members (excludes halogenated alkanes) is 6. The minimum Gasteiger partial charge on any atom is -0.507 e. The molecule has 0 bridgehead atoms. The van der Waals surface area contributed by atoms with Crippen molar-refractivity contribution < 1.29 is 14.9 Å². The molecule has 28 heavy (non-hydrogen) atoms. The van der Waals surface area contributed by atoms with Crippen LogP contribution in [0.25, 0.3) is 0 Å². The topological polar surface area (TPSA) is 49.7 Å². The number of aliphatic hydroxyl groups excluding tert-OH is 1. The first kappa shape index (κ1) is 21.2. The molecule has 3 rings (SSSR count).